The minimum atomic E-state index is -3.84. The molecule has 0 fully saturated rings. The van der Waals surface area contributed by atoms with Crippen molar-refractivity contribution in [2.45, 2.75) is 11.1 Å². The second-order valence-electron chi connectivity index (χ2n) is 3.27. The Labute approximate surface area is 111 Å². The molecular formula is C8H7ClN4O3S2. The van der Waals surface area contributed by atoms with Crippen LogP contribution in [0.15, 0.2) is 16.6 Å². The van der Waals surface area contributed by atoms with Gasteiger partial charge in [-0.15, -0.1) is 0 Å². The number of nitrogens with one attached hydrogen (secondary N) is 2. The fourth-order valence-electron chi connectivity index (χ4n) is 1.21. The predicted molar refractivity (Wildman–Crippen MR) is 66.4 cm³/mol. The first-order chi connectivity index (χ1) is 8.38. The minimum absolute atomic E-state index is 0.0772. The number of carbonyl (C=O) groups excluding carboxylic acids is 1. The lowest BCUT2D eigenvalue weighted by molar-refractivity contribution is 0.102. The molecule has 96 valence electrons. The third-order valence-electron chi connectivity index (χ3n) is 1.96. The third kappa shape index (κ3) is 2.68. The summed E-state index contributed by atoms with van der Waals surface area (Å²) in [5, 5.41) is 8.75. The van der Waals surface area contributed by atoms with Crippen molar-refractivity contribution in [3.8, 4) is 0 Å². The van der Waals surface area contributed by atoms with Gasteiger partial charge in [-0.3, -0.25) is 15.2 Å². The molecule has 0 aliphatic carbocycles. The summed E-state index contributed by atoms with van der Waals surface area (Å²) in [4.78, 5) is 15.6. The summed E-state index contributed by atoms with van der Waals surface area (Å²) in [6.45, 7) is 1.50. The quantitative estimate of drug-likeness (QED) is 0.833. The highest BCUT2D eigenvalue weighted by molar-refractivity contribution is 8.15. The maximum atomic E-state index is 11.7. The van der Waals surface area contributed by atoms with E-state index in [1.807, 2.05) is 0 Å². The Bertz CT molecular complexity index is 677. The first-order valence-corrected chi connectivity index (χ1v) is 7.73. The molecule has 2 N–H and O–H groups in total. The number of carbonyl (C=O) groups is 1. The molecular weight excluding hydrogens is 300 g/mol. The van der Waals surface area contributed by atoms with Crippen LogP contribution >= 0.6 is 22.0 Å². The van der Waals surface area contributed by atoms with Gasteiger partial charge in [0, 0.05) is 16.9 Å². The van der Waals surface area contributed by atoms with E-state index in [2.05, 4.69) is 20.5 Å². The maximum Gasteiger partial charge on any atom is 0.272 e. The number of H-pyrrole nitrogens is 1. The normalized spacial score (nSPS) is 11.4. The highest BCUT2D eigenvalue weighted by Crippen LogP contribution is 2.29. The molecule has 18 heavy (non-hydrogen) atoms. The highest BCUT2D eigenvalue weighted by Gasteiger charge is 2.20. The van der Waals surface area contributed by atoms with Crippen molar-refractivity contribution in [3.63, 3.8) is 0 Å². The molecule has 0 aliphatic heterocycles. The van der Waals surface area contributed by atoms with Gasteiger partial charge >= 0.3 is 0 Å². The summed E-state index contributed by atoms with van der Waals surface area (Å²) in [7, 11) is 1.38. The number of aryl methyl sites for hydroxylation is 1. The van der Waals surface area contributed by atoms with Crippen molar-refractivity contribution in [2.24, 2.45) is 0 Å². The van der Waals surface area contributed by atoms with Gasteiger partial charge in [0.1, 0.15) is 0 Å². The smallest absolute Gasteiger partial charge is 0.272 e. The van der Waals surface area contributed by atoms with Crippen LogP contribution < -0.4 is 5.32 Å². The van der Waals surface area contributed by atoms with Gasteiger partial charge in [-0.25, -0.2) is 13.4 Å². The van der Waals surface area contributed by atoms with E-state index in [1.54, 1.807) is 0 Å². The van der Waals surface area contributed by atoms with Crippen molar-refractivity contribution in [3.05, 3.63) is 23.7 Å². The number of hydrogen-bond acceptors (Lipinski definition) is 6. The number of anilines is 1. The van der Waals surface area contributed by atoms with Crippen LogP contribution in [-0.4, -0.2) is 29.5 Å². The molecule has 0 bridgehead atoms. The molecule has 2 rings (SSSR count). The van der Waals surface area contributed by atoms with Crippen molar-refractivity contribution in [1.82, 2.24) is 15.2 Å². The van der Waals surface area contributed by atoms with Gasteiger partial charge in [0.25, 0.3) is 15.0 Å². The summed E-state index contributed by atoms with van der Waals surface area (Å²) < 4.78 is 22.3. The van der Waals surface area contributed by atoms with Gasteiger partial charge < -0.3 is 0 Å². The van der Waals surface area contributed by atoms with E-state index in [4.69, 9.17) is 10.7 Å². The van der Waals surface area contributed by atoms with E-state index in [-0.39, 0.29) is 15.0 Å². The van der Waals surface area contributed by atoms with E-state index < -0.39 is 15.0 Å². The molecule has 0 aromatic carbocycles. The maximum absolute atomic E-state index is 11.7. The number of aromatic amines is 1. The summed E-state index contributed by atoms with van der Waals surface area (Å²) >= 11 is 0.798. The van der Waals surface area contributed by atoms with Crippen LogP contribution in [0.25, 0.3) is 0 Å². The number of halogens is 1. The van der Waals surface area contributed by atoms with Gasteiger partial charge in [0.05, 0.1) is 17.5 Å². The zero-order chi connectivity index (χ0) is 13.3. The molecule has 0 saturated heterocycles. The molecule has 0 atom stereocenters. The number of rotatable bonds is 3. The fourth-order valence-corrected chi connectivity index (χ4v) is 3.55. The average molecular weight is 307 g/mol. The molecule has 0 saturated carbocycles. The Hall–Kier alpha value is -1.45. The van der Waals surface area contributed by atoms with Crippen molar-refractivity contribution in [2.75, 3.05) is 5.32 Å². The molecule has 0 radical (unpaired) electrons. The lowest BCUT2D eigenvalue weighted by atomic mass is 10.3. The van der Waals surface area contributed by atoms with Crippen molar-refractivity contribution >= 4 is 42.1 Å². The summed E-state index contributed by atoms with van der Waals surface area (Å²) in [6, 6.07) is 0. The Morgan fingerprint density at radius 1 is 1.56 bits per heavy atom. The number of thiazole rings is 1. The topological polar surface area (TPSA) is 105 Å². The van der Waals surface area contributed by atoms with Crippen LogP contribution in [0.1, 0.15) is 16.1 Å². The lowest BCUT2D eigenvalue weighted by Crippen LogP contribution is -2.10. The Morgan fingerprint density at radius 3 is 2.78 bits per heavy atom. The van der Waals surface area contributed by atoms with Crippen LogP contribution in [0.4, 0.5) is 5.13 Å². The molecule has 2 aromatic heterocycles. The van der Waals surface area contributed by atoms with Gasteiger partial charge in [0.15, 0.2) is 9.34 Å². The predicted octanol–water partition coefficient (Wildman–Crippen LogP) is 1.35. The van der Waals surface area contributed by atoms with Crippen LogP contribution in [0.2, 0.25) is 0 Å². The van der Waals surface area contributed by atoms with Gasteiger partial charge in [-0.05, 0) is 6.92 Å². The number of hydrogen-bond donors (Lipinski definition) is 2. The highest BCUT2D eigenvalue weighted by atomic mass is 35.7. The largest absolute Gasteiger partial charge is 0.298 e. The molecule has 2 aromatic rings. The molecule has 2 heterocycles. The zero-order valence-electron chi connectivity index (χ0n) is 8.97. The zero-order valence-corrected chi connectivity index (χ0v) is 11.4. The average Bonchev–Trinajstić information content (AvgIpc) is 2.85. The molecule has 10 heteroatoms. The summed E-state index contributed by atoms with van der Waals surface area (Å²) in [5.74, 6) is -0.434. The van der Waals surface area contributed by atoms with Crippen molar-refractivity contribution in [1.29, 1.82) is 0 Å². The van der Waals surface area contributed by atoms with E-state index in [0.29, 0.717) is 5.56 Å². The third-order valence-corrected chi connectivity index (χ3v) is 5.21. The lowest BCUT2D eigenvalue weighted by Gasteiger charge is -1.96. The molecule has 0 aliphatic rings. The monoisotopic (exact) mass is 306 g/mol. The van der Waals surface area contributed by atoms with Gasteiger partial charge in [0.2, 0.25) is 0 Å². The Balaban J connectivity index is 2.24. The first-order valence-electron chi connectivity index (χ1n) is 4.60. The second kappa shape index (κ2) is 4.67. The van der Waals surface area contributed by atoms with Gasteiger partial charge in [-0.1, -0.05) is 11.3 Å². The van der Waals surface area contributed by atoms with Crippen LogP contribution in [0.3, 0.4) is 0 Å². The number of nitrogens with zero attached hydrogens (tertiary/aromatic N) is 2. The van der Waals surface area contributed by atoms with Crippen LogP contribution in [0, 0.1) is 6.92 Å². The summed E-state index contributed by atoms with van der Waals surface area (Å²) in [6.07, 6.45) is 2.75. The van der Waals surface area contributed by atoms with Gasteiger partial charge in [-0.2, -0.15) is 5.10 Å². The SMILES string of the molecule is Cc1nc(NC(=O)c2cn[nH]c2)sc1S(=O)(=O)Cl. The molecule has 1 amide bonds. The second-order valence-corrected chi connectivity index (χ2v) is 7.03. The minimum Gasteiger partial charge on any atom is -0.298 e. The van der Waals surface area contributed by atoms with Crippen LogP contribution in [0.5, 0.6) is 0 Å². The Morgan fingerprint density at radius 2 is 2.28 bits per heavy atom. The molecule has 7 nitrogen and oxygen atoms in total. The van der Waals surface area contributed by atoms with E-state index in [1.165, 1.54) is 19.3 Å². The van der Waals surface area contributed by atoms with E-state index >= 15 is 0 Å². The summed E-state index contributed by atoms with van der Waals surface area (Å²) in [5.41, 5.74) is 0.565. The number of amides is 1. The van der Waals surface area contributed by atoms with Crippen LogP contribution in [-0.2, 0) is 9.05 Å². The number of aromatic nitrogens is 3. The first kappa shape index (κ1) is 13.0. The van der Waals surface area contributed by atoms with Crippen molar-refractivity contribution < 1.29 is 13.2 Å². The molecule has 0 unspecified atom stereocenters. The Kier molecular flexibility index (Phi) is 3.37. The molecule has 0 spiro atoms. The standard InChI is InChI=1S/C8H7ClN4O3S2/c1-4-7(18(9,15)16)17-8(12-4)13-6(14)5-2-10-11-3-5/h2-3H,1H3,(H,10,11)(H,12,13,14). The fraction of sp³-hybridized carbons (Fsp3) is 0.125. The van der Waals surface area contributed by atoms with E-state index in [9.17, 15) is 13.2 Å². The van der Waals surface area contributed by atoms with E-state index in [0.717, 1.165) is 11.3 Å².